The maximum Gasteiger partial charge on any atom is 0.416 e. The summed E-state index contributed by atoms with van der Waals surface area (Å²) < 4.78 is 50.3. The first kappa shape index (κ1) is 14.0. The van der Waals surface area contributed by atoms with E-state index < -0.39 is 17.6 Å². The van der Waals surface area contributed by atoms with Crippen molar-refractivity contribution in [3.05, 3.63) is 65.5 Å². The van der Waals surface area contributed by atoms with Crippen LogP contribution in [0.2, 0.25) is 0 Å². The Morgan fingerprint density at radius 3 is 2.20 bits per heavy atom. The van der Waals surface area contributed by atoms with E-state index in [0.717, 1.165) is 12.1 Å². The zero-order chi connectivity index (χ0) is 14.6. The average molecular weight is 282 g/mol. The Bertz CT molecular complexity index is 603. The normalized spacial score (nSPS) is 11.8. The topological polar surface area (TPSA) is 24.4 Å². The van der Waals surface area contributed by atoms with Gasteiger partial charge in [0.05, 0.1) is 17.5 Å². The molecule has 0 aliphatic carbocycles. The van der Waals surface area contributed by atoms with Gasteiger partial charge in [0.1, 0.15) is 5.82 Å². The van der Waals surface area contributed by atoms with Gasteiger partial charge in [0.2, 0.25) is 0 Å². The number of anilines is 1. The number of alkyl halides is 3. The molecule has 0 fully saturated rings. The maximum atomic E-state index is 13.3. The standard InChI is InChI=1S/C14H10F4N2/c15-13-4-2-1-3-10(13)9-19-20-12-7-5-11(6-8-12)14(16,17)18/h1-9,20H. The molecule has 6 heteroatoms. The molecule has 0 aliphatic heterocycles. The van der Waals surface area contributed by atoms with Crippen molar-refractivity contribution in [3.63, 3.8) is 0 Å². The molecule has 0 saturated carbocycles. The minimum Gasteiger partial charge on any atom is -0.279 e. The molecule has 0 unspecified atom stereocenters. The predicted octanol–water partition coefficient (Wildman–Crippen LogP) is 4.29. The van der Waals surface area contributed by atoms with Crippen LogP contribution in [0.15, 0.2) is 53.6 Å². The van der Waals surface area contributed by atoms with Crippen LogP contribution < -0.4 is 5.43 Å². The lowest BCUT2D eigenvalue weighted by Gasteiger charge is -2.07. The number of halogens is 4. The van der Waals surface area contributed by atoms with Crippen molar-refractivity contribution in [1.29, 1.82) is 0 Å². The van der Waals surface area contributed by atoms with Gasteiger partial charge < -0.3 is 0 Å². The third kappa shape index (κ3) is 3.57. The predicted molar refractivity (Wildman–Crippen MR) is 69.1 cm³/mol. The molecule has 0 aliphatic rings. The van der Waals surface area contributed by atoms with Gasteiger partial charge in [-0.25, -0.2) is 4.39 Å². The number of nitrogens with one attached hydrogen (secondary N) is 1. The second-order valence-corrected chi connectivity index (χ2v) is 3.97. The van der Waals surface area contributed by atoms with Gasteiger partial charge in [0.25, 0.3) is 0 Å². The minimum atomic E-state index is -4.37. The smallest absolute Gasteiger partial charge is 0.279 e. The summed E-state index contributed by atoms with van der Waals surface area (Å²) in [7, 11) is 0. The zero-order valence-corrected chi connectivity index (χ0v) is 10.2. The van der Waals surface area contributed by atoms with E-state index in [0.29, 0.717) is 5.69 Å². The van der Waals surface area contributed by atoms with Crippen molar-refractivity contribution >= 4 is 11.9 Å². The minimum absolute atomic E-state index is 0.284. The van der Waals surface area contributed by atoms with E-state index in [1.54, 1.807) is 12.1 Å². The van der Waals surface area contributed by atoms with Gasteiger partial charge in [0.15, 0.2) is 0 Å². The van der Waals surface area contributed by atoms with E-state index in [2.05, 4.69) is 10.5 Å². The molecule has 0 aromatic heterocycles. The number of hydrogen-bond acceptors (Lipinski definition) is 2. The second kappa shape index (κ2) is 5.73. The highest BCUT2D eigenvalue weighted by Gasteiger charge is 2.29. The summed E-state index contributed by atoms with van der Waals surface area (Å²) in [6.07, 6.45) is -3.11. The highest BCUT2D eigenvalue weighted by molar-refractivity contribution is 5.80. The molecule has 0 saturated heterocycles. The van der Waals surface area contributed by atoms with Crippen LogP contribution in [0.1, 0.15) is 11.1 Å². The Labute approximate surface area is 112 Å². The van der Waals surface area contributed by atoms with Gasteiger partial charge in [-0.1, -0.05) is 18.2 Å². The lowest BCUT2D eigenvalue weighted by molar-refractivity contribution is -0.137. The Kier molecular flexibility index (Phi) is 4.02. The second-order valence-electron chi connectivity index (χ2n) is 3.97. The van der Waals surface area contributed by atoms with Crippen molar-refractivity contribution < 1.29 is 17.6 Å². The first-order valence-corrected chi connectivity index (χ1v) is 5.68. The third-order valence-electron chi connectivity index (χ3n) is 2.51. The Hall–Kier alpha value is -2.37. The summed E-state index contributed by atoms with van der Waals surface area (Å²) >= 11 is 0. The fourth-order valence-corrected chi connectivity index (χ4v) is 1.49. The van der Waals surface area contributed by atoms with E-state index in [-0.39, 0.29) is 5.56 Å². The summed E-state index contributed by atoms with van der Waals surface area (Å²) in [5.74, 6) is -0.425. The van der Waals surface area contributed by atoms with Gasteiger partial charge in [-0.05, 0) is 30.3 Å². The SMILES string of the molecule is Fc1ccccc1C=NNc1ccc(C(F)(F)F)cc1. The van der Waals surface area contributed by atoms with Crippen LogP contribution in [0.3, 0.4) is 0 Å². The molecule has 0 radical (unpaired) electrons. The first-order chi connectivity index (χ1) is 9.47. The molecule has 2 aromatic rings. The highest BCUT2D eigenvalue weighted by Crippen LogP contribution is 2.29. The molecule has 0 atom stereocenters. The van der Waals surface area contributed by atoms with Crippen LogP contribution >= 0.6 is 0 Å². The van der Waals surface area contributed by atoms with Crippen LogP contribution in [-0.2, 0) is 6.18 Å². The Morgan fingerprint density at radius 2 is 1.60 bits per heavy atom. The van der Waals surface area contributed by atoms with Crippen LogP contribution in [0, 0.1) is 5.82 Å². The van der Waals surface area contributed by atoms with Gasteiger partial charge in [-0.3, -0.25) is 5.43 Å². The quantitative estimate of drug-likeness (QED) is 0.507. The number of nitrogens with zero attached hydrogens (tertiary/aromatic N) is 1. The first-order valence-electron chi connectivity index (χ1n) is 5.68. The van der Waals surface area contributed by atoms with Crippen molar-refractivity contribution in [3.8, 4) is 0 Å². The molecule has 2 rings (SSSR count). The van der Waals surface area contributed by atoms with Gasteiger partial charge >= 0.3 is 6.18 Å². The molecule has 0 bridgehead atoms. The van der Waals surface area contributed by atoms with Gasteiger partial charge in [0, 0.05) is 5.56 Å². The van der Waals surface area contributed by atoms with E-state index in [1.807, 2.05) is 0 Å². The molecule has 2 nitrogen and oxygen atoms in total. The summed E-state index contributed by atoms with van der Waals surface area (Å²) in [6.45, 7) is 0. The van der Waals surface area contributed by atoms with Crippen molar-refractivity contribution in [2.24, 2.45) is 5.10 Å². The molecule has 0 amide bonds. The van der Waals surface area contributed by atoms with Crippen LogP contribution in [0.5, 0.6) is 0 Å². The van der Waals surface area contributed by atoms with Crippen LogP contribution in [-0.4, -0.2) is 6.21 Å². The maximum absolute atomic E-state index is 13.3. The fraction of sp³-hybridized carbons (Fsp3) is 0.0714. The van der Waals surface area contributed by atoms with Crippen LogP contribution in [0.25, 0.3) is 0 Å². The van der Waals surface area contributed by atoms with Crippen molar-refractivity contribution in [1.82, 2.24) is 0 Å². The number of rotatable bonds is 3. The summed E-state index contributed by atoms with van der Waals surface area (Å²) in [4.78, 5) is 0. The molecule has 2 aromatic carbocycles. The molecular weight excluding hydrogens is 272 g/mol. The third-order valence-corrected chi connectivity index (χ3v) is 2.51. The Balaban J connectivity index is 2.03. The average Bonchev–Trinajstić information content (AvgIpc) is 2.40. The number of hydrazone groups is 1. The van der Waals surface area contributed by atoms with E-state index in [1.165, 1.54) is 30.5 Å². The highest BCUT2D eigenvalue weighted by atomic mass is 19.4. The van der Waals surface area contributed by atoms with E-state index in [4.69, 9.17) is 0 Å². The number of benzene rings is 2. The molecular formula is C14H10F4N2. The molecule has 0 spiro atoms. The van der Waals surface area contributed by atoms with Gasteiger partial charge in [-0.2, -0.15) is 18.3 Å². The summed E-state index contributed by atoms with van der Waals surface area (Å²) in [6, 6.07) is 10.4. The van der Waals surface area contributed by atoms with Gasteiger partial charge in [-0.15, -0.1) is 0 Å². The van der Waals surface area contributed by atoms with E-state index in [9.17, 15) is 17.6 Å². The van der Waals surface area contributed by atoms with Crippen LogP contribution in [0.4, 0.5) is 23.2 Å². The molecule has 20 heavy (non-hydrogen) atoms. The Morgan fingerprint density at radius 1 is 0.950 bits per heavy atom. The number of hydrogen-bond donors (Lipinski definition) is 1. The largest absolute Gasteiger partial charge is 0.416 e. The van der Waals surface area contributed by atoms with Crippen molar-refractivity contribution in [2.45, 2.75) is 6.18 Å². The molecule has 0 heterocycles. The molecule has 1 N–H and O–H groups in total. The lowest BCUT2D eigenvalue weighted by Crippen LogP contribution is -2.04. The molecule has 104 valence electrons. The fourth-order valence-electron chi connectivity index (χ4n) is 1.49. The lowest BCUT2D eigenvalue weighted by atomic mass is 10.2. The summed E-state index contributed by atoms with van der Waals surface area (Å²) in [5.41, 5.74) is 2.46. The monoisotopic (exact) mass is 282 g/mol. The van der Waals surface area contributed by atoms with E-state index >= 15 is 0 Å². The zero-order valence-electron chi connectivity index (χ0n) is 10.2. The van der Waals surface area contributed by atoms with Crippen molar-refractivity contribution in [2.75, 3.05) is 5.43 Å². The summed E-state index contributed by atoms with van der Waals surface area (Å²) in [5, 5.41) is 3.77.